The lowest BCUT2D eigenvalue weighted by molar-refractivity contribution is 0.174. The molecule has 1 aromatic carbocycles. The molecule has 4 heteroatoms. The second-order valence-corrected chi connectivity index (χ2v) is 5.86. The molecule has 0 bridgehead atoms. The van der Waals surface area contributed by atoms with E-state index in [0.717, 1.165) is 16.8 Å². The van der Waals surface area contributed by atoms with Crippen LogP contribution in [0.5, 0.6) is 5.75 Å². The first-order valence-corrected chi connectivity index (χ1v) is 7.24. The highest BCUT2D eigenvalue weighted by molar-refractivity contribution is 9.10. The molecule has 100 valence electrons. The largest absolute Gasteiger partial charge is 0.493 e. The predicted molar refractivity (Wildman–Crippen MR) is 75.7 cm³/mol. The van der Waals surface area contributed by atoms with Gasteiger partial charge in [0.1, 0.15) is 5.75 Å². The zero-order valence-corrected chi connectivity index (χ0v) is 12.2. The van der Waals surface area contributed by atoms with E-state index < -0.39 is 0 Å². The molecular weight excluding hydrogens is 294 g/mol. The number of hydrogen-bond donors (Lipinski definition) is 2. The average molecular weight is 314 g/mol. The number of ether oxygens (including phenoxy) is 1. The minimum atomic E-state index is 0.159. The van der Waals surface area contributed by atoms with Crippen LogP contribution in [-0.4, -0.2) is 24.4 Å². The number of benzene rings is 1. The van der Waals surface area contributed by atoms with Crippen molar-refractivity contribution in [3.63, 3.8) is 0 Å². The van der Waals surface area contributed by atoms with Crippen LogP contribution in [0.3, 0.4) is 0 Å². The van der Waals surface area contributed by atoms with Gasteiger partial charge in [-0.1, -0.05) is 22.9 Å². The average Bonchev–Trinajstić information content (AvgIpc) is 3.19. The molecule has 1 fully saturated rings. The molecule has 2 rings (SSSR count). The fraction of sp³-hybridized carbons (Fsp3) is 0.571. The van der Waals surface area contributed by atoms with Crippen molar-refractivity contribution in [2.24, 2.45) is 5.92 Å². The lowest BCUT2D eigenvalue weighted by Crippen LogP contribution is -2.16. The summed E-state index contributed by atoms with van der Waals surface area (Å²) in [5, 5.41) is 12.5. The number of nitrogens with one attached hydrogen (secondary N) is 1. The summed E-state index contributed by atoms with van der Waals surface area (Å²) in [5.74, 6) is 1.03. The maximum absolute atomic E-state index is 8.97. The summed E-state index contributed by atoms with van der Waals surface area (Å²) in [4.78, 5) is 0. The van der Waals surface area contributed by atoms with Gasteiger partial charge in [0.15, 0.2) is 0 Å². The van der Waals surface area contributed by atoms with Crippen molar-refractivity contribution in [1.82, 2.24) is 5.32 Å². The lowest BCUT2D eigenvalue weighted by Gasteiger charge is -2.13. The van der Waals surface area contributed by atoms with Gasteiger partial charge in [-0.3, -0.25) is 0 Å². The maximum atomic E-state index is 8.97. The molecule has 1 atom stereocenters. The molecule has 2 N–H and O–H groups in total. The maximum Gasteiger partial charge on any atom is 0.119 e. The fourth-order valence-electron chi connectivity index (χ4n) is 1.61. The highest BCUT2D eigenvalue weighted by Crippen LogP contribution is 2.25. The molecule has 1 aromatic rings. The molecule has 0 radical (unpaired) electrons. The van der Waals surface area contributed by atoms with Gasteiger partial charge in [-0.15, -0.1) is 0 Å². The Morgan fingerprint density at radius 2 is 2.28 bits per heavy atom. The molecule has 3 nitrogen and oxygen atoms in total. The Labute approximate surface area is 117 Å². The Hall–Kier alpha value is -0.580. The van der Waals surface area contributed by atoms with E-state index in [-0.39, 0.29) is 12.5 Å². The first-order chi connectivity index (χ1) is 8.69. The van der Waals surface area contributed by atoms with Crippen molar-refractivity contribution < 1.29 is 9.84 Å². The van der Waals surface area contributed by atoms with Gasteiger partial charge < -0.3 is 15.2 Å². The van der Waals surface area contributed by atoms with Crippen molar-refractivity contribution in [2.45, 2.75) is 32.4 Å². The van der Waals surface area contributed by atoms with E-state index in [1.54, 1.807) is 0 Å². The van der Waals surface area contributed by atoms with Crippen molar-refractivity contribution in [3.8, 4) is 5.75 Å². The van der Waals surface area contributed by atoms with Gasteiger partial charge in [-0.2, -0.15) is 0 Å². The Balaban J connectivity index is 1.91. The molecule has 1 aliphatic rings. The van der Waals surface area contributed by atoms with Gasteiger partial charge >= 0.3 is 0 Å². The van der Waals surface area contributed by atoms with E-state index in [4.69, 9.17) is 9.84 Å². The minimum Gasteiger partial charge on any atom is -0.493 e. The summed E-state index contributed by atoms with van der Waals surface area (Å²) in [5.41, 5.74) is 1.22. The van der Waals surface area contributed by atoms with Crippen molar-refractivity contribution >= 4 is 15.9 Å². The quantitative estimate of drug-likeness (QED) is 0.813. The first kappa shape index (κ1) is 13.8. The SMILES string of the molecule is CC(CO)COc1ccc(Br)c(CNC2CC2)c1. The summed E-state index contributed by atoms with van der Waals surface area (Å²) in [6.07, 6.45) is 2.59. The summed E-state index contributed by atoms with van der Waals surface area (Å²) < 4.78 is 6.78. The van der Waals surface area contributed by atoms with Gasteiger partial charge in [0.05, 0.1) is 6.61 Å². The molecule has 1 aliphatic carbocycles. The zero-order chi connectivity index (χ0) is 13.0. The minimum absolute atomic E-state index is 0.159. The van der Waals surface area contributed by atoms with Gasteiger partial charge in [0.2, 0.25) is 0 Å². The smallest absolute Gasteiger partial charge is 0.119 e. The number of halogens is 1. The molecule has 0 heterocycles. The van der Waals surface area contributed by atoms with E-state index in [0.29, 0.717) is 12.6 Å². The molecule has 18 heavy (non-hydrogen) atoms. The monoisotopic (exact) mass is 313 g/mol. The third kappa shape index (κ3) is 4.26. The fourth-order valence-corrected chi connectivity index (χ4v) is 2.00. The molecule has 1 unspecified atom stereocenters. The first-order valence-electron chi connectivity index (χ1n) is 6.44. The van der Waals surface area contributed by atoms with Crippen LogP contribution in [0.15, 0.2) is 22.7 Å². The van der Waals surface area contributed by atoms with E-state index in [1.165, 1.54) is 18.4 Å². The molecule has 0 aliphatic heterocycles. The number of rotatable bonds is 7. The van der Waals surface area contributed by atoms with Crippen molar-refractivity contribution in [2.75, 3.05) is 13.2 Å². The molecule has 0 saturated heterocycles. The zero-order valence-electron chi connectivity index (χ0n) is 10.7. The van der Waals surface area contributed by atoms with Crippen LogP contribution < -0.4 is 10.1 Å². The van der Waals surface area contributed by atoms with Crippen molar-refractivity contribution in [3.05, 3.63) is 28.2 Å². The summed E-state index contributed by atoms with van der Waals surface area (Å²) >= 11 is 3.56. The number of aliphatic hydroxyl groups excluding tert-OH is 1. The Bertz CT molecular complexity index is 393. The highest BCUT2D eigenvalue weighted by atomic mass is 79.9. The predicted octanol–water partition coefficient (Wildman–Crippen LogP) is 2.71. The summed E-state index contributed by atoms with van der Waals surface area (Å²) in [6.45, 7) is 3.55. The third-order valence-corrected chi connectivity index (χ3v) is 3.80. The standard InChI is InChI=1S/C14H20BrNO2/c1-10(8-17)9-18-13-4-5-14(15)11(6-13)7-16-12-2-3-12/h4-6,10,12,16-17H,2-3,7-9H2,1H3. The van der Waals surface area contributed by atoms with Crippen LogP contribution >= 0.6 is 15.9 Å². The highest BCUT2D eigenvalue weighted by Gasteiger charge is 2.20. The Morgan fingerprint density at radius 3 is 2.94 bits per heavy atom. The van der Waals surface area contributed by atoms with Crippen LogP contribution in [0.2, 0.25) is 0 Å². The van der Waals surface area contributed by atoms with Crippen LogP contribution in [-0.2, 0) is 6.54 Å². The topological polar surface area (TPSA) is 41.5 Å². The normalized spacial score (nSPS) is 16.6. The van der Waals surface area contributed by atoms with Gasteiger partial charge in [-0.25, -0.2) is 0 Å². The molecule has 1 saturated carbocycles. The van der Waals surface area contributed by atoms with Gasteiger partial charge in [-0.05, 0) is 36.6 Å². The van der Waals surface area contributed by atoms with E-state index in [9.17, 15) is 0 Å². The van der Waals surface area contributed by atoms with Crippen molar-refractivity contribution in [1.29, 1.82) is 0 Å². The number of aliphatic hydroxyl groups is 1. The van der Waals surface area contributed by atoms with Crippen LogP contribution in [0, 0.1) is 5.92 Å². The Morgan fingerprint density at radius 1 is 1.50 bits per heavy atom. The van der Waals surface area contributed by atoms with Crippen LogP contribution in [0.25, 0.3) is 0 Å². The second-order valence-electron chi connectivity index (χ2n) is 5.01. The summed E-state index contributed by atoms with van der Waals surface area (Å²) in [7, 11) is 0. The third-order valence-electron chi connectivity index (χ3n) is 3.02. The van der Waals surface area contributed by atoms with Gasteiger partial charge in [0, 0.05) is 29.6 Å². The molecule has 0 amide bonds. The van der Waals surface area contributed by atoms with Crippen LogP contribution in [0.1, 0.15) is 25.3 Å². The molecular formula is C14H20BrNO2. The van der Waals surface area contributed by atoms with Gasteiger partial charge in [0.25, 0.3) is 0 Å². The van der Waals surface area contributed by atoms with E-state index in [2.05, 4.69) is 27.3 Å². The van der Waals surface area contributed by atoms with E-state index in [1.807, 2.05) is 19.1 Å². The number of hydrogen-bond acceptors (Lipinski definition) is 3. The summed E-state index contributed by atoms with van der Waals surface area (Å²) in [6, 6.07) is 6.73. The van der Waals surface area contributed by atoms with E-state index >= 15 is 0 Å². The molecule has 0 spiro atoms. The lowest BCUT2D eigenvalue weighted by atomic mass is 10.2. The molecule has 0 aromatic heterocycles. The van der Waals surface area contributed by atoms with Crippen LogP contribution in [0.4, 0.5) is 0 Å². The second kappa shape index (κ2) is 6.55. The Kier molecular flexibility index (Phi) is 5.03.